The van der Waals surface area contributed by atoms with E-state index in [1.54, 1.807) is 6.20 Å². The molecule has 0 amide bonds. The molecule has 0 spiro atoms. The van der Waals surface area contributed by atoms with Crippen LogP contribution in [0.3, 0.4) is 0 Å². The second-order valence-electron chi connectivity index (χ2n) is 5.47. The second-order valence-corrected chi connectivity index (χ2v) is 5.47. The van der Waals surface area contributed by atoms with E-state index in [9.17, 15) is 15.3 Å². The highest BCUT2D eigenvalue weighted by atomic mass is 16.3. The molecule has 1 fully saturated rings. The second kappa shape index (κ2) is 5.23. The standard InChI is InChI=1S/C13H19N5O3/c1-18(2)13-10-8(15-5-16-13)6(3-14-10)9-12(21)11(20)7(4-19)17-9/h3,5,7,9,11-12,14,17,19-21H,4H2,1-2H3/t7-,9+,11-,12+/m1/s1. The van der Waals surface area contributed by atoms with Crippen LogP contribution in [0.15, 0.2) is 12.5 Å². The number of hydrogen-bond donors (Lipinski definition) is 5. The third-order valence-electron chi connectivity index (χ3n) is 3.93. The van der Waals surface area contributed by atoms with Gasteiger partial charge in [-0.25, -0.2) is 9.97 Å². The largest absolute Gasteiger partial charge is 0.395 e. The van der Waals surface area contributed by atoms with Crippen molar-refractivity contribution in [1.82, 2.24) is 20.3 Å². The van der Waals surface area contributed by atoms with Gasteiger partial charge in [-0.15, -0.1) is 0 Å². The molecule has 21 heavy (non-hydrogen) atoms. The van der Waals surface area contributed by atoms with Gasteiger partial charge in [-0.1, -0.05) is 0 Å². The molecule has 0 radical (unpaired) electrons. The first-order valence-electron chi connectivity index (χ1n) is 6.77. The maximum atomic E-state index is 10.2. The van der Waals surface area contributed by atoms with Crippen molar-refractivity contribution in [2.45, 2.75) is 24.3 Å². The zero-order chi connectivity index (χ0) is 15.1. The lowest BCUT2D eigenvalue weighted by Crippen LogP contribution is -2.35. The van der Waals surface area contributed by atoms with Gasteiger partial charge in [0.1, 0.15) is 17.9 Å². The molecule has 0 bridgehead atoms. The van der Waals surface area contributed by atoms with Gasteiger partial charge in [-0.05, 0) is 0 Å². The molecule has 0 unspecified atom stereocenters. The van der Waals surface area contributed by atoms with Gasteiger partial charge in [-0.3, -0.25) is 0 Å². The molecule has 0 saturated carbocycles. The fourth-order valence-corrected chi connectivity index (χ4v) is 2.82. The Morgan fingerprint density at radius 2 is 2.00 bits per heavy atom. The van der Waals surface area contributed by atoms with E-state index < -0.39 is 24.3 Å². The Labute approximate surface area is 121 Å². The number of aromatic nitrogens is 3. The minimum absolute atomic E-state index is 0.241. The lowest BCUT2D eigenvalue weighted by Gasteiger charge is -2.15. The number of nitrogens with zero attached hydrogens (tertiary/aromatic N) is 3. The number of hydrogen-bond acceptors (Lipinski definition) is 7. The lowest BCUT2D eigenvalue weighted by atomic mass is 10.0. The molecule has 8 heteroatoms. The fourth-order valence-electron chi connectivity index (χ4n) is 2.82. The summed E-state index contributed by atoms with van der Waals surface area (Å²) in [6.07, 6.45) is 1.20. The quantitative estimate of drug-likeness (QED) is 0.480. The molecule has 8 nitrogen and oxygen atoms in total. The molecule has 1 aliphatic rings. The Kier molecular flexibility index (Phi) is 3.54. The average Bonchev–Trinajstić information content (AvgIpc) is 3.01. The van der Waals surface area contributed by atoms with Crippen molar-refractivity contribution < 1.29 is 15.3 Å². The van der Waals surface area contributed by atoms with E-state index in [0.29, 0.717) is 5.52 Å². The van der Waals surface area contributed by atoms with Gasteiger partial charge in [0.2, 0.25) is 0 Å². The number of aliphatic hydroxyl groups is 3. The van der Waals surface area contributed by atoms with Gasteiger partial charge in [0.15, 0.2) is 5.82 Å². The Bertz CT molecular complexity index is 644. The average molecular weight is 293 g/mol. The summed E-state index contributed by atoms with van der Waals surface area (Å²) in [5.41, 5.74) is 2.21. The van der Waals surface area contributed by atoms with Gasteiger partial charge in [0.05, 0.1) is 30.3 Å². The number of aromatic amines is 1. The first-order valence-corrected chi connectivity index (χ1v) is 6.77. The maximum Gasteiger partial charge on any atom is 0.155 e. The van der Waals surface area contributed by atoms with Crippen molar-refractivity contribution in [1.29, 1.82) is 0 Å². The molecule has 2 aromatic heterocycles. The van der Waals surface area contributed by atoms with Gasteiger partial charge < -0.3 is 30.5 Å². The van der Waals surface area contributed by atoms with Crippen LogP contribution in [0.25, 0.3) is 11.0 Å². The Morgan fingerprint density at radius 3 is 2.62 bits per heavy atom. The van der Waals surface area contributed by atoms with Crippen molar-refractivity contribution in [2.24, 2.45) is 0 Å². The van der Waals surface area contributed by atoms with E-state index in [2.05, 4.69) is 20.3 Å². The van der Waals surface area contributed by atoms with E-state index >= 15 is 0 Å². The molecule has 114 valence electrons. The van der Waals surface area contributed by atoms with Crippen molar-refractivity contribution in [2.75, 3.05) is 25.6 Å². The topological polar surface area (TPSA) is 118 Å². The van der Waals surface area contributed by atoms with Gasteiger partial charge in [0.25, 0.3) is 0 Å². The van der Waals surface area contributed by atoms with E-state index in [1.807, 2.05) is 19.0 Å². The molecule has 1 saturated heterocycles. The predicted octanol–water partition coefficient (Wildman–Crippen LogP) is -1.25. The van der Waals surface area contributed by atoms with Crippen LogP contribution in [0.2, 0.25) is 0 Å². The SMILES string of the molecule is CN(C)c1ncnc2c([C@@H]3N[C@H](CO)[C@@H](O)[C@H]3O)c[nH]c12. The summed E-state index contributed by atoms with van der Waals surface area (Å²) in [7, 11) is 3.77. The number of aliphatic hydroxyl groups excluding tert-OH is 3. The Hall–Kier alpha value is -1.74. The van der Waals surface area contributed by atoms with E-state index in [4.69, 9.17) is 0 Å². The molecule has 3 rings (SSSR count). The van der Waals surface area contributed by atoms with Crippen LogP contribution in [-0.4, -0.2) is 69.2 Å². The Morgan fingerprint density at radius 1 is 1.24 bits per heavy atom. The van der Waals surface area contributed by atoms with Crippen LogP contribution < -0.4 is 10.2 Å². The van der Waals surface area contributed by atoms with Crippen molar-refractivity contribution in [3.05, 3.63) is 18.1 Å². The predicted molar refractivity (Wildman–Crippen MR) is 77.0 cm³/mol. The molecule has 1 aliphatic heterocycles. The first-order chi connectivity index (χ1) is 10.0. The van der Waals surface area contributed by atoms with Crippen molar-refractivity contribution >= 4 is 16.9 Å². The normalized spacial score (nSPS) is 29.2. The smallest absolute Gasteiger partial charge is 0.155 e. The van der Waals surface area contributed by atoms with E-state index in [0.717, 1.165) is 16.9 Å². The minimum Gasteiger partial charge on any atom is -0.395 e. The summed E-state index contributed by atoms with van der Waals surface area (Å²) in [4.78, 5) is 13.5. The monoisotopic (exact) mass is 293 g/mol. The number of rotatable bonds is 3. The zero-order valence-corrected chi connectivity index (χ0v) is 11.9. The van der Waals surface area contributed by atoms with Crippen LogP contribution in [0, 0.1) is 0 Å². The number of nitrogens with one attached hydrogen (secondary N) is 2. The van der Waals surface area contributed by atoms with E-state index in [-0.39, 0.29) is 6.61 Å². The molecule has 5 N–H and O–H groups in total. The molecule has 0 aliphatic carbocycles. The fraction of sp³-hybridized carbons (Fsp3) is 0.538. The van der Waals surface area contributed by atoms with Crippen LogP contribution >= 0.6 is 0 Å². The number of anilines is 1. The third-order valence-corrected chi connectivity index (χ3v) is 3.93. The molecule has 2 aromatic rings. The third kappa shape index (κ3) is 2.16. The summed E-state index contributed by atoms with van der Waals surface area (Å²) in [5.74, 6) is 0.748. The summed E-state index contributed by atoms with van der Waals surface area (Å²) in [6.45, 7) is -0.241. The van der Waals surface area contributed by atoms with Gasteiger partial charge in [0, 0.05) is 25.9 Å². The number of H-pyrrole nitrogens is 1. The summed E-state index contributed by atoms with van der Waals surface area (Å²) < 4.78 is 0. The molecule has 0 aromatic carbocycles. The lowest BCUT2D eigenvalue weighted by molar-refractivity contribution is 0.0196. The molecular weight excluding hydrogens is 274 g/mol. The van der Waals surface area contributed by atoms with Crippen molar-refractivity contribution in [3.63, 3.8) is 0 Å². The highest BCUT2D eigenvalue weighted by Crippen LogP contribution is 2.33. The van der Waals surface area contributed by atoms with Crippen LogP contribution in [0.4, 0.5) is 5.82 Å². The minimum atomic E-state index is -1.01. The van der Waals surface area contributed by atoms with Gasteiger partial charge in [-0.2, -0.15) is 0 Å². The summed E-state index contributed by atoms with van der Waals surface area (Å²) >= 11 is 0. The highest BCUT2D eigenvalue weighted by molar-refractivity contribution is 5.88. The zero-order valence-electron chi connectivity index (χ0n) is 11.9. The van der Waals surface area contributed by atoms with E-state index in [1.165, 1.54) is 6.33 Å². The molecular formula is C13H19N5O3. The first kappa shape index (κ1) is 14.2. The van der Waals surface area contributed by atoms with Crippen molar-refractivity contribution in [3.8, 4) is 0 Å². The Balaban J connectivity index is 2.04. The highest BCUT2D eigenvalue weighted by Gasteiger charge is 2.42. The maximum absolute atomic E-state index is 10.2. The molecule has 3 heterocycles. The molecule has 4 atom stereocenters. The van der Waals surface area contributed by atoms with Crippen LogP contribution in [0.5, 0.6) is 0 Å². The van der Waals surface area contributed by atoms with Crippen LogP contribution in [-0.2, 0) is 0 Å². The number of fused-ring (bicyclic) bond motifs is 1. The van der Waals surface area contributed by atoms with Crippen LogP contribution in [0.1, 0.15) is 11.6 Å². The summed E-state index contributed by atoms with van der Waals surface area (Å²) in [5, 5.41) is 32.4. The summed E-state index contributed by atoms with van der Waals surface area (Å²) in [6, 6.07) is -1.04. The van der Waals surface area contributed by atoms with Gasteiger partial charge >= 0.3 is 0 Å².